The molecule has 0 radical (unpaired) electrons. The van der Waals surface area contributed by atoms with E-state index in [9.17, 15) is 13.2 Å². The Morgan fingerprint density at radius 3 is 2.33 bits per heavy atom. The van der Waals surface area contributed by atoms with E-state index in [4.69, 9.17) is 5.84 Å². The fourth-order valence-electron chi connectivity index (χ4n) is 0.980. The fourth-order valence-corrected chi connectivity index (χ4v) is 0.980. The van der Waals surface area contributed by atoms with Gasteiger partial charge in [0.25, 0.3) is 0 Å². The van der Waals surface area contributed by atoms with E-state index in [0.29, 0.717) is 5.01 Å². The molecule has 0 spiro atoms. The molecule has 0 bridgehead atoms. The molecule has 0 atom stereocenters. The van der Waals surface area contributed by atoms with Crippen molar-refractivity contribution in [3.8, 4) is 0 Å². The first kappa shape index (κ1) is 14.0. The summed E-state index contributed by atoms with van der Waals surface area (Å²) in [6, 6.07) is 0. The summed E-state index contributed by atoms with van der Waals surface area (Å²) in [6.45, 7) is 4.00. The highest BCUT2D eigenvalue weighted by Crippen LogP contribution is 2.16. The Labute approximate surface area is 87.4 Å². The highest BCUT2D eigenvalue weighted by molar-refractivity contribution is 5.84. The third-order valence-corrected chi connectivity index (χ3v) is 1.52. The Hall–Kier alpha value is -1.04. The van der Waals surface area contributed by atoms with E-state index in [2.05, 4.69) is 4.99 Å². The van der Waals surface area contributed by atoms with Gasteiger partial charge in [0.05, 0.1) is 0 Å². The molecular formula is C9H16F3N3. The second-order valence-electron chi connectivity index (χ2n) is 3.37. The molecule has 2 N–H and O–H groups in total. The summed E-state index contributed by atoms with van der Waals surface area (Å²) in [5.41, 5.74) is 0. The van der Waals surface area contributed by atoms with Gasteiger partial charge in [0.1, 0.15) is 12.4 Å². The Bertz CT molecular complexity index is 243. The molecule has 0 rings (SSSR count). The van der Waals surface area contributed by atoms with E-state index < -0.39 is 12.7 Å². The van der Waals surface area contributed by atoms with Crippen LogP contribution in [0.4, 0.5) is 13.2 Å². The van der Waals surface area contributed by atoms with E-state index in [0.717, 1.165) is 0 Å². The van der Waals surface area contributed by atoms with Gasteiger partial charge in [-0.25, -0.2) is 10.8 Å². The number of halogens is 3. The lowest BCUT2D eigenvalue weighted by Crippen LogP contribution is -2.45. The summed E-state index contributed by atoms with van der Waals surface area (Å²) >= 11 is 0. The number of nitrogens with zero attached hydrogens (tertiary/aromatic N) is 2. The van der Waals surface area contributed by atoms with Crippen molar-refractivity contribution >= 4 is 5.84 Å². The largest absolute Gasteiger partial charge is 0.407 e. The molecule has 88 valence electrons. The van der Waals surface area contributed by atoms with Gasteiger partial charge in [-0.05, 0) is 6.92 Å². The topological polar surface area (TPSA) is 41.6 Å². The van der Waals surface area contributed by atoms with E-state index in [-0.39, 0.29) is 11.8 Å². The average molecular weight is 223 g/mol. The van der Waals surface area contributed by atoms with Crippen molar-refractivity contribution in [1.29, 1.82) is 0 Å². The van der Waals surface area contributed by atoms with Gasteiger partial charge in [-0.15, -0.1) is 0 Å². The number of rotatable bonds is 3. The van der Waals surface area contributed by atoms with Crippen LogP contribution in [0.3, 0.4) is 0 Å². The van der Waals surface area contributed by atoms with Crippen LogP contribution in [0, 0.1) is 5.92 Å². The molecule has 15 heavy (non-hydrogen) atoms. The van der Waals surface area contributed by atoms with Crippen molar-refractivity contribution in [2.45, 2.75) is 26.9 Å². The monoisotopic (exact) mass is 223 g/mol. The lowest BCUT2D eigenvalue weighted by Gasteiger charge is -2.23. The van der Waals surface area contributed by atoms with Crippen LogP contribution >= 0.6 is 0 Å². The maximum absolute atomic E-state index is 12.1. The Balaban J connectivity index is 4.64. The smallest absolute Gasteiger partial charge is 0.289 e. The van der Waals surface area contributed by atoms with Crippen molar-refractivity contribution in [2.24, 2.45) is 16.8 Å². The number of nitrogens with two attached hydrogens (primary N) is 1. The molecule has 0 aromatic rings. The first-order valence-corrected chi connectivity index (χ1v) is 4.55. The molecule has 0 aliphatic carbocycles. The van der Waals surface area contributed by atoms with Crippen LogP contribution < -0.4 is 5.84 Å². The van der Waals surface area contributed by atoms with Crippen LogP contribution in [0.15, 0.2) is 17.3 Å². The summed E-state index contributed by atoms with van der Waals surface area (Å²) in [6.07, 6.45) is -1.27. The zero-order valence-electron chi connectivity index (χ0n) is 9.04. The van der Waals surface area contributed by atoms with Crippen molar-refractivity contribution in [3.05, 3.63) is 12.3 Å². The second-order valence-corrected chi connectivity index (χ2v) is 3.37. The molecule has 0 aliphatic rings. The average Bonchev–Trinajstić information content (AvgIpc) is 2.00. The van der Waals surface area contributed by atoms with Gasteiger partial charge >= 0.3 is 6.18 Å². The number of hydrogen-bond donors (Lipinski definition) is 1. The molecule has 0 saturated carbocycles. The Kier molecular flexibility index (Phi) is 5.35. The van der Waals surface area contributed by atoms with Crippen molar-refractivity contribution < 1.29 is 13.2 Å². The molecule has 0 aliphatic heterocycles. The fraction of sp³-hybridized carbons (Fsp3) is 0.667. The van der Waals surface area contributed by atoms with Gasteiger partial charge in [-0.3, -0.25) is 5.01 Å². The highest BCUT2D eigenvalue weighted by Gasteiger charge is 2.31. The molecule has 0 saturated heterocycles. The van der Waals surface area contributed by atoms with Crippen LogP contribution in [0.1, 0.15) is 20.8 Å². The van der Waals surface area contributed by atoms with Crippen molar-refractivity contribution in [2.75, 3.05) is 6.54 Å². The van der Waals surface area contributed by atoms with Crippen molar-refractivity contribution in [3.63, 3.8) is 0 Å². The third-order valence-electron chi connectivity index (χ3n) is 1.52. The first-order chi connectivity index (χ1) is 6.78. The van der Waals surface area contributed by atoms with Crippen LogP contribution in [0.2, 0.25) is 0 Å². The van der Waals surface area contributed by atoms with E-state index >= 15 is 0 Å². The molecule has 0 aromatic heterocycles. The molecule has 6 heteroatoms. The number of aliphatic imine (C=N–C) groups is 1. The van der Waals surface area contributed by atoms with Gasteiger partial charge in [0.15, 0.2) is 0 Å². The van der Waals surface area contributed by atoms with E-state index in [1.807, 2.05) is 0 Å². The molecule has 0 aromatic carbocycles. The lowest BCUT2D eigenvalue weighted by atomic mass is 10.2. The number of hydrogen-bond acceptors (Lipinski definition) is 2. The number of hydrazine groups is 1. The molecule has 0 unspecified atom stereocenters. The molecule has 0 heterocycles. The normalized spacial score (nSPS) is 14.0. The number of amidine groups is 1. The van der Waals surface area contributed by atoms with Crippen LogP contribution in [-0.2, 0) is 0 Å². The summed E-state index contributed by atoms with van der Waals surface area (Å²) in [5, 5.41) is 0.630. The SMILES string of the molecule is C/C=C\N=C(C(C)C)N(N)CC(F)(F)F. The summed E-state index contributed by atoms with van der Waals surface area (Å²) < 4.78 is 36.2. The van der Waals surface area contributed by atoms with Crippen LogP contribution in [0.25, 0.3) is 0 Å². The maximum atomic E-state index is 12.1. The van der Waals surface area contributed by atoms with Gasteiger partial charge in [0.2, 0.25) is 0 Å². The number of alkyl halides is 3. The zero-order chi connectivity index (χ0) is 12.1. The quantitative estimate of drug-likeness (QED) is 0.345. The van der Waals surface area contributed by atoms with E-state index in [1.165, 1.54) is 6.20 Å². The zero-order valence-corrected chi connectivity index (χ0v) is 9.04. The maximum Gasteiger partial charge on any atom is 0.407 e. The predicted molar refractivity (Wildman–Crippen MR) is 54.0 cm³/mol. The summed E-state index contributed by atoms with van der Waals surface area (Å²) in [4.78, 5) is 3.86. The highest BCUT2D eigenvalue weighted by atomic mass is 19.4. The standard InChI is InChI=1S/C9H16F3N3/c1-4-5-14-8(7(2)3)15(13)6-9(10,11)12/h4-5,7H,6,13H2,1-3H3/b5-4-,14-8?. The summed E-state index contributed by atoms with van der Waals surface area (Å²) in [7, 11) is 0. The van der Waals surface area contributed by atoms with Crippen LogP contribution in [0.5, 0.6) is 0 Å². The van der Waals surface area contributed by atoms with Gasteiger partial charge in [-0.1, -0.05) is 19.9 Å². The second kappa shape index (κ2) is 5.75. The van der Waals surface area contributed by atoms with Crippen molar-refractivity contribution in [1.82, 2.24) is 5.01 Å². The van der Waals surface area contributed by atoms with Crippen LogP contribution in [-0.4, -0.2) is 23.6 Å². The minimum absolute atomic E-state index is 0.159. The molecule has 0 fully saturated rings. The Morgan fingerprint density at radius 2 is 2.00 bits per heavy atom. The number of allylic oxidation sites excluding steroid dienone is 1. The lowest BCUT2D eigenvalue weighted by molar-refractivity contribution is -0.138. The molecular weight excluding hydrogens is 207 g/mol. The minimum Gasteiger partial charge on any atom is -0.289 e. The molecule has 3 nitrogen and oxygen atoms in total. The Morgan fingerprint density at radius 1 is 1.47 bits per heavy atom. The van der Waals surface area contributed by atoms with Gasteiger partial charge in [-0.2, -0.15) is 13.2 Å². The predicted octanol–water partition coefficient (Wildman–Crippen LogP) is 2.31. The molecule has 0 amide bonds. The van der Waals surface area contributed by atoms with Gasteiger partial charge < -0.3 is 0 Å². The van der Waals surface area contributed by atoms with Gasteiger partial charge in [0, 0.05) is 12.1 Å². The summed E-state index contributed by atoms with van der Waals surface area (Å²) in [5.74, 6) is 5.35. The third kappa shape index (κ3) is 6.11. The van der Waals surface area contributed by atoms with E-state index in [1.54, 1.807) is 26.8 Å². The first-order valence-electron chi connectivity index (χ1n) is 4.55. The minimum atomic E-state index is -4.32.